The lowest BCUT2D eigenvalue weighted by atomic mass is 9.93. The van der Waals surface area contributed by atoms with E-state index in [-0.39, 0.29) is 23.6 Å². The molecule has 7 nitrogen and oxygen atoms in total. The number of thiol groups is 1. The number of unbranched alkanes of at least 4 members (excludes halogenated alkanes) is 2. The van der Waals surface area contributed by atoms with E-state index in [0.717, 1.165) is 56.1 Å². The molecule has 2 unspecified atom stereocenters. The summed E-state index contributed by atoms with van der Waals surface area (Å²) < 4.78 is 5.38. The number of aryl methyl sites for hydroxylation is 1. The number of amides is 3. The van der Waals surface area contributed by atoms with Gasteiger partial charge in [0, 0.05) is 18.3 Å². The Labute approximate surface area is 222 Å². The smallest absolute Gasteiger partial charge is 0.408 e. The third kappa shape index (κ3) is 9.34. The number of nitrogens with zero attached hydrogens (tertiary/aromatic N) is 1. The van der Waals surface area contributed by atoms with Gasteiger partial charge in [-0.15, -0.1) is 0 Å². The van der Waals surface area contributed by atoms with Gasteiger partial charge in [0.1, 0.15) is 17.7 Å². The molecular formula is C28H45N3O4S. The van der Waals surface area contributed by atoms with Crippen LogP contribution in [0, 0.1) is 6.92 Å². The molecule has 0 spiro atoms. The molecule has 2 rings (SSSR count). The quantitative estimate of drug-likeness (QED) is 0.272. The SMILES string of the molecule is CCCCCN(C(=O)C(CS)NC(=O)OC(C)(C)C)C(C(=O)NC1CCCCC1)c1ccccc1C. The highest BCUT2D eigenvalue weighted by Crippen LogP contribution is 2.27. The van der Waals surface area contributed by atoms with Gasteiger partial charge in [-0.3, -0.25) is 9.59 Å². The van der Waals surface area contributed by atoms with E-state index >= 15 is 0 Å². The van der Waals surface area contributed by atoms with Gasteiger partial charge in [-0.25, -0.2) is 4.79 Å². The van der Waals surface area contributed by atoms with Crippen molar-refractivity contribution < 1.29 is 19.1 Å². The van der Waals surface area contributed by atoms with E-state index in [1.807, 2.05) is 31.2 Å². The van der Waals surface area contributed by atoms with Gasteiger partial charge >= 0.3 is 6.09 Å². The van der Waals surface area contributed by atoms with E-state index in [0.29, 0.717) is 6.54 Å². The van der Waals surface area contributed by atoms with Crippen LogP contribution in [-0.2, 0) is 14.3 Å². The summed E-state index contributed by atoms with van der Waals surface area (Å²) in [5.74, 6) is -0.414. The van der Waals surface area contributed by atoms with Crippen molar-refractivity contribution in [3.63, 3.8) is 0 Å². The van der Waals surface area contributed by atoms with Crippen molar-refractivity contribution in [2.75, 3.05) is 12.3 Å². The Kier molecular flexibility index (Phi) is 12.1. The maximum absolute atomic E-state index is 13.9. The molecule has 0 saturated heterocycles. The fourth-order valence-corrected chi connectivity index (χ4v) is 4.85. The van der Waals surface area contributed by atoms with Crippen LogP contribution in [0.1, 0.15) is 96.2 Å². The minimum Gasteiger partial charge on any atom is -0.444 e. The first-order valence-corrected chi connectivity index (χ1v) is 14.0. The zero-order valence-electron chi connectivity index (χ0n) is 22.6. The molecule has 0 heterocycles. The molecule has 1 aromatic rings. The van der Waals surface area contributed by atoms with Crippen molar-refractivity contribution >= 4 is 30.5 Å². The average Bonchev–Trinajstić information content (AvgIpc) is 2.82. The van der Waals surface area contributed by atoms with Crippen LogP contribution in [0.3, 0.4) is 0 Å². The Morgan fingerprint density at radius 1 is 1.11 bits per heavy atom. The fraction of sp³-hybridized carbons (Fsp3) is 0.679. The minimum atomic E-state index is -0.918. The van der Waals surface area contributed by atoms with Crippen LogP contribution in [-0.4, -0.2) is 52.8 Å². The number of ether oxygens (including phenoxy) is 1. The molecule has 202 valence electrons. The first-order valence-electron chi connectivity index (χ1n) is 13.3. The molecule has 3 amide bonds. The number of hydrogen-bond donors (Lipinski definition) is 3. The largest absolute Gasteiger partial charge is 0.444 e. The van der Waals surface area contributed by atoms with Crippen LogP contribution in [0.15, 0.2) is 24.3 Å². The molecule has 36 heavy (non-hydrogen) atoms. The molecule has 1 aliphatic rings. The second-order valence-electron chi connectivity index (χ2n) is 10.7. The van der Waals surface area contributed by atoms with Gasteiger partial charge in [0.25, 0.3) is 0 Å². The second-order valence-corrected chi connectivity index (χ2v) is 11.1. The topological polar surface area (TPSA) is 87.7 Å². The Morgan fingerprint density at radius 3 is 2.36 bits per heavy atom. The standard InChI is InChI=1S/C28H45N3O4S/c1-6-7-13-18-31(26(33)23(19-36)30-27(34)35-28(3,4)5)24(22-17-12-11-14-20(22)2)25(32)29-21-15-9-8-10-16-21/h11-12,14,17,21,23-24,36H,6-10,13,15-16,18-19H2,1-5H3,(H,29,32)(H,30,34). The summed E-state index contributed by atoms with van der Waals surface area (Å²) in [6.45, 7) is 9.77. The maximum atomic E-state index is 13.9. The average molecular weight is 520 g/mol. The van der Waals surface area contributed by atoms with E-state index in [9.17, 15) is 14.4 Å². The molecule has 2 atom stereocenters. The summed E-state index contributed by atoms with van der Waals surface area (Å²) in [7, 11) is 0. The van der Waals surface area contributed by atoms with Crippen LogP contribution in [0.2, 0.25) is 0 Å². The summed E-state index contributed by atoms with van der Waals surface area (Å²) in [5, 5.41) is 5.91. The minimum absolute atomic E-state index is 0.0904. The Hall–Kier alpha value is -2.22. The van der Waals surface area contributed by atoms with Crippen molar-refractivity contribution in [3.8, 4) is 0 Å². The van der Waals surface area contributed by atoms with E-state index < -0.39 is 23.8 Å². The molecule has 1 aliphatic carbocycles. The van der Waals surface area contributed by atoms with Crippen molar-refractivity contribution in [1.29, 1.82) is 0 Å². The normalized spacial score (nSPS) is 16.1. The summed E-state index contributed by atoms with van der Waals surface area (Å²) in [5.41, 5.74) is 1.04. The van der Waals surface area contributed by atoms with Crippen LogP contribution < -0.4 is 10.6 Å². The summed E-state index contributed by atoms with van der Waals surface area (Å²) in [4.78, 5) is 41.9. The van der Waals surface area contributed by atoms with Gasteiger partial charge < -0.3 is 20.3 Å². The first kappa shape index (κ1) is 30.0. The molecule has 1 saturated carbocycles. The van der Waals surface area contributed by atoms with Gasteiger partial charge in [-0.05, 0) is 58.1 Å². The molecule has 0 aromatic heterocycles. The highest BCUT2D eigenvalue weighted by molar-refractivity contribution is 7.80. The molecule has 1 aromatic carbocycles. The number of rotatable bonds is 11. The Morgan fingerprint density at radius 2 is 1.78 bits per heavy atom. The van der Waals surface area contributed by atoms with Gasteiger partial charge in [-0.2, -0.15) is 12.6 Å². The lowest BCUT2D eigenvalue weighted by Crippen LogP contribution is -2.54. The van der Waals surface area contributed by atoms with Crippen molar-refractivity contribution in [1.82, 2.24) is 15.5 Å². The van der Waals surface area contributed by atoms with Crippen LogP contribution in [0.25, 0.3) is 0 Å². The fourth-order valence-electron chi connectivity index (χ4n) is 4.61. The molecule has 2 N–H and O–H groups in total. The number of alkyl carbamates (subject to hydrolysis) is 1. The lowest BCUT2D eigenvalue weighted by molar-refractivity contribution is -0.142. The summed E-state index contributed by atoms with van der Waals surface area (Å²) in [6.07, 6.45) is 7.29. The molecular weight excluding hydrogens is 474 g/mol. The van der Waals surface area contributed by atoms with Gasteiger partial charge in [-0.1, -0.05) is 63.3 Å². The zero-order valence-corrected chi connectivity index (χ0v) is 23.5. The maximum Gasteiger partial charge on any atom is 0.408 e. The zero-order chi connectivity index (χ0) is 26.7. The third-order valence-corrected chi connectivity index (χ3v) is 6.82. The van der Waals surface area contributed by atoms with Crippen molar-refractivity contribution in [2.45, 2.75) is 110 Å². The monoisotopic (exact) mass is 519 g/mol. The number of carbonyl (C=O) groups excluding carboxylic acids is 3. The Balaban J connectivity index is 2.40. The van der Waals surface area contributed by atoms with Gasteiger partial charge in [0.2, 0.25) is 11.8 Å². The predicted octanol–water partition coefficient (Wildman–Crippen LogP) is 5.33. The number of hydrogen-bond acceptors (Lipinski definition) is 5. The molecule has 1 fully saturated rings. The third-order valence-electron chi connectivity index (χ3n) is 6.45. The molecule has 0 radical (unpaired) electrons. The van der Waals surface area contributed by atoms with E-state index in [4.69, 9.17) is 4.74 Å². The van der Waals surface area contributed by atoms with E-state index in [2.05, 4.69) is 30.2 Å². The number of nitrogens with one attached hydrogen (secondary N) is 2. The molecule has 0 bridgehead atoms. The van der Waals surface area contributed by atoms with E-state index in [1.165, 1.54) is 6.42 Å². The second kappa shape index (κ2) is 14.5. The van der Waals surface area contributed by atoms with Crippen molar-refractivity contribution in [3.05, 3.63) is 35.4 Å². The lowest BCUT2D eigenvalue weighted by Gasteiger charge is -2.36. The van der Waals surface area contributed by atoms with Crippen LogP contribution in [0.5, 0.6) is 0 Å². The summed E-state index contributed by atoms with van der Waals surface area (Å²) in [6, 6.07) is 6.11. The first-order chi connectivity index (χ1) is 17.1. The van der Waals surface area contributed by atoms with Gasteiger partial charge in [0.05, 0.1) is 0 Å². The van der Waals surface area contributed by atoms with Crippen molar-refractivity contribution in [2.24, 2.45) is 0 Å². The number of benzene rings is 1. The molecule has 8 heteroatoms. The van der Waals surface area contributed by atoms with Gasteiger partial charge in [0.15, 0.2) is 0 Å². The van der Waals surface area contributed by atoms with Crippen LogP contribution >= 0.6 is 12.6 Å². The summed E-state index contributed by atoms with van der Waals surface area (Å²) >= 11 is 4.36. The predicted molar refractivity (Wildman–Crippen MR) is 147 cm³/mol. The Bertz CT molecular complexity index is 865. The van der Waals surface area contributed by atoms with Crippen LogP contribution in [0.4, 0.5) is 4.79 Å². The number of carbonyl (C=O) groups is 3. The molecule has 0 aliphatic heterocycles. The highest BCUT2D eigenvalue weighted by atomic mass is 32.1. The highest BCUT2D eigenvalue weighted by Gasteiger charge is 2.37. The van der Waals surface area contributed by atoms with E-state index in [1.54, 1.807) is 25.7 Å².